The largest absolute Gasteiger partial charge is 0.281 e. The van der Waals surface area contributed by atoms with Gasteiger partial charge in [-0.3, -0.25) is 9.59 Å². The standard InChI is InChI=1S/C14H22N4O2/c1-11(2)13(19)17-15-9-7-5-6-8-10-16(17)18(15)14(20)12(3)4/h1,3,5-10H2,2,4H3. The lowest BCUT2D eigenvalue weighted by atomic mass is 10.2. The summed E-state index contributed by atoms with van der Waals surface area (Å²) in [5, 5.41) is 6.43. The van der Waals surface area contributed by atoms with Crippen LogP contribution in [0.4, 0.5) is 0 Å². The fourth-order valence-electron chi connectivity index (χ4n) is 2.37. The van der Waals surface area contributed by atoms with Crippen LogP contribution < -0.4 is 0 Å². The molecule has 2 bridgehead atoms. The molecule has 3 aliphatic rings. The van der Waals surface area contributed by atoms with Gasteiger partial charge in [0.05, 0.1) is 0 Å². The van der Waals surface area contributed by atoms with Gasteiger partial charge in [0.2, 0.25) is 0 Å². The lowest BCUT2D eigenvalue weighted by Gasteiger charge is -2.58. The highest BCUT2D eigenvalue weighted by atomic mass is 16.3. The fourth-order valence-corrected chi connectivity index (χ4v) is 2.37. The Bertz CT molecular complexity index is 410. The molecule has 0 spiro atoms. The van der Waals surface area contributed by atoms with E-state index in [0.717, 1.165) is 25.7 Å². The van der Waals surface area contributed by atoms with Crippen LogP contribution in [0.5, 0.6) is 0 Å². The second-order valence-electron chi connectivity index (χ2n) is 5.36. The fraction of sp³-hybridized carbons (Fsp3) is 0.571. The molecule has 0 aromatic rings. The predicted octanol–water partition coefficient (Wildman–Crippen LogP) is 1.65. The molecule has 110 valence electrons. The summed E-state index contributed by atoms with van der Waals surface area (Å²) in [4.78, 5) is 24.5. The first kappa shape index (κ1) is 14.7. The summed E-state index contributed by atoms with van der Waals surface area (Å²) in [7, 11) is 0. The van der Waals surface area contributed by atoms with E-state index in [1.165, 1.54) is 10.2 Å². The third-order valence-electron chi connectivity index (χ3n) is 3.43. The van der Waals surface area contributed by atoms with Crippen molar-refractivity contribution >= 4 is 11.8 Å². The van der Waals surface area contributed by atoms with Gasteiger partial charge in [-0.05, 0) is 26.7 Å². The third-order valence-corrected chi connectivity index (χ3v) is 3.43. The third kappa shape index (κ3) is 2.48. The zero-order valence-corrected chi connectivity index (χ0v) is 12.3. The van der Waals surface area contributed by atoms with Gasteiger partial charge in [-0.15, -0.1) is 0 Å². The quantitative estimate of drug-likeness (QED) is 0.721. The van der Waals surface area contributed by atoms with Crippen molar-refractivity contribution in [2.45, 2.75) is 39.5 Å². The van der Waals surface area contributed by atoms with Crippen LogP contribution in [0.3, 0.4) is 0 Å². The lowest BCUT2D eigenvalue weighted by molar-refractivity contribution is -0.458. The average Bonchev–Trinajstić information content (AvgIpc) is 2.54. The Balaban J connectivity index is 2.26. The summed E-state index contributed by atoms with van der Waals surface area (Å²) in [6, 6.07) is 0. The van der Waals surface area contributed by atoms with E-state index in [9.17, 15) is 9.59 Å². The Kier molecular flexibility index (Phi) is 4.25. The Hall–Kier alpha value is -1.66. The Morgan fingerprint density at radius 1 is 0.750 bits per heavy atom. The highest BCUT2D eigenvalue weighted by molar-refractivity contribution is 5.95. The topological polar surface area (TPSA) is 47.1 Å². The van der Waals surface area contributed by atoms with Crippen LogP contribution in [0.1, 0.15) is 39.5 Å². The molecule has 0 aromatic heterocycles. The van der Waals surface area contributed by atoms with E-state index >= 15 is 0 Å². The van der Waals surface area contributed by atoms with Crippen molar-refractivity contribution in [3.05, 3.63) is 24.3 Å². The van der Waals surface area contributed by atoms with Gasteiger partial charge < -0.3 is 0 Å². The Labute approximate surface area is 119 Å². The molecule has 0 radical (unpaired) electrons. The zero-order chi connectivity index (χ0) is 14.9. The van der Waals surface area contributed by atoms with Crippen LogP contribution in [0, 0.1) is 0 Å². The van der Waals surface area contributed by atoms with Crippen LogP contribution in [-0.2, 0) is 9.59 Å². The molecule has 0 aliphatic carbocycles. The molecule has 3 rings (SSSR count). The molecule has 0 atom stereocenters. The Morgan fingerprint density at radius 2 is 1.10 bits per heavy atom. The van der Waals surface area contributed by atoms with Gasteiger partial charge in [-0.1, -0.05) is 36.2 Å². The van der Waals surface area contributed by atoms with E-state index < -0.39 is 0 Å². The molecule has 0 N–H and O–H groups in total. The number of carbonyl (C=O) groups is 2. The van der Waals surface area contributed by atoms with Gasteiger partial charge >= 0.3 is 0 Å². The van der Waals surface area contributed by atoms with Crippen molar-refractivity contribution in [1.29, 1.82) is 0 Å². The second-order valence-corrected chi connectivity index (χ2v) is 5.36. The number of hydrogen-bond donors (Lipinski definition) is 0. The molecule has 3 heterocycles. The van der Waals surface area contributed by atoms with E-state index in [2.05, 4.69) is 13.2 Å². The highest BCUT2D eigenvalue weighted by Crippen LogP contribution is 2.29. The summed E-state index contributed by atoms with van der Waals surface area (Å²) < 4.78 is 0. The first-order valence-corrected chi connectivity index (χ1v) is 7.00. The first-order valence-electron chi connectivity index (χ1n) is 7.00. The van der Waals surface area contributed by atoms with Crippen molar-refractivity contribution < 1.29 is 9.59 Å². The SMILES string of the molecule is C=C(C)C(=O)N1N2CCCCCCN1N2C(=O)C(=C)C. The van der Waals surface area contributed by atoms with Gasteiger partial charge in [-0.25, -0.2) is 0 Å². The molecule has 0 saturated carbocycles. The Morgan fingerprint density at radius 3 is 1.40 bits per heavy atom. The van der Waals surface area contributed by atoms with Gasteiger partial charge in [0.1, 0.15) is 0 Å². The molecule has 6 heteroatoms. The minimum Gasteiger partial charge on any atom is -0.266 e. The molecule has 0 aromatic carbocycles. The minimum absolute atomic E-state index is 0.169. The smallest absolute Gasteiger partial charge is 0.266 e. The number of hydrogen-bond acceptors (Lipinski definition) is 4. The van der Waals surface area contributed by atoms with E-state index in [0.29, 0.717) is 24.2 Å². The summed E-state index contributed by atoms with van der Waals surface area (Å²) in [5.41, 5.74) is 0.920. The van der Waals surface area contributed by atoms with Crippen molar-refractivity contribution in [2.75, 3.05) is 13.1 Å². The van der Waals surface area contributed by atoms with Gasteiger partial charge in [0.15, 0.2) is 0 Å². The van der Waals surface area contributed by atoms with Gasteiger partial charge in [0.25, 0.3) is 11.8 Å². The normalized spacial score (nSPS) is 25.9. The number of carbonyl (C=O) groups excluding carboxylic acids is 2. The van der Waals surface area contributed by atoms with E-state index in [1.807, 2.05) is 0 Å². The molecule has 3 fully saturated rings. The number of rotatable bonds is 2. The summed E-state index contributed by atoms with van der Waals surface area (Å²) in [5.74, 6) is -0.338. The van der Waals surface area contributed by atoms with E-state index in [4.69, 9.17) is 0 Å². The van der Waals surface area contributed by atoms with Crippen LogP contribution in [0.15, 0.2) is 24.3 Å². The van der Waals surface area contributed by atoms with Crippen molar-refractivity contribution in [3.8, 4) is 0 Å². The number of amides is 2. The van der Waals surface area contributed by atoms with Gasteiger partial charge in [0, 0.05) is 24.2 Å². The number of nitrogens with zero attached hydrogens (tertiary/aromatic N) is 4. The number of hydrazine groups is 4. The molecular weight excluding hydrogens is 256 g/mol. The molecule has 2 amide bonds. The second kappa shape index (κ2) is 5.76. The monoisotopic (exact) mass is 278 g/mol. The number of fused-ring (bicyclic) bond motifs is 5. The maximum absolute atomic E-state index is 12.2. The van der Waals surface area contributed by atoms with Gasteiger partial charge in [-0.2, -0.15) is 10.2 Å². The maximum Gasteiger partial charge on any atom is 0.281 e. The molecule has 6 nitrogen and oxygen atoms in total. The first-order chi connectivity index (χ1) is 9.45. The molecular formula is C14H22N4O2. The van der Waals surface area contributed by atoms with E-state index in [1.54, 1.807) is 24.1 Å². The van der Waals surface area contributed by atoms with Crippen LogP contribution in [0.2, 0.25) is 0 Å². The highest BCUT2D eigenvalue weighted by Gasteiger charge is 2.49. The summed E-state index contributed by atoms with van der Waals surface area (Å²) in [6.45, 7) is 12.1. The maximum atomic E-state index is 12.2. The predicted molar refractivity (Wildman–Crippen MR) is 75.2 cm³/mol. The minimum atomic E-state index is -0.169. The molecule has 20 heavy (non-hydrogen) atoms. The summed E-state index contributed by atoms with van der Waals surface area (Å²) in [6.07, 6.45) is 4.12. The van der Waals surface area contributed by atoms with Crippen LogP contribution in [-0.4, -0.2) is 45.4 Å². The summed E-state index contributed by atoms with van der Waals surface area (Å²) >= 11 is 0. The van der Waals surface area contributed by atoms with E-state index in [-0.39, 0.29) is 11.8 Å². The molecule has 3 aliphatic heterocycles. The molecule has 3 saturated heterocycles. The van der Waals surface area contributed by atoms with Crippen LogP contribution >= 0.6 is 0 Å². The average molecular weight is 278 g/mol. The van der Waals surface area contributed by atoms with Crippen LogP contribution in [0.25, 0.3) is 0 Å². The van der Waals surface area contributed by atoms with Crippen molar-refractivity contribution in [2.24, 2.45) is 0 Å². The lowest BCUT2D eigenvalue weighted by Crippen LogP contribution is -2.80. The molecule has 0 unspecified atom stereocenters. The van der Waals surface area contributed by atoms with Crippen molar-refractivity contribution in [1.82, 2.24) is 20.5 Å². The van der Waals surface area contributed by atoms with Crippen molar-refractivity contribution in [3.63, 3.8) is 0 Å². The zero-order valence-electron chi connectivity index (χ0n) is 12.3.